The van der Waals surface area contributed by atoms with Crippen molar-refractivity contribution in [1.29, 1.82) is 0 Å². The van der Waals surface area contributed by atoms with E-state index in [1.807, 2.05) is 40.6 Å². The summed E-state index contributed by atoms with van der Waals surface area (Å²) >= 11 is 1.62. The fraction of sp³-hybridized carbons (Fsp3) is 0.211. The molecule has 7 heteroatoms. The molecular formula is C19H16N4O2S. The molecule has 3 aromatic heterocycles. The number of hydrogen-bond donors (Lipinski definition) is 0. The first kappa shape index (κ1) is 15.3. The normalized spacial score (nSPS) is 15.1. The predicted octanol–water partition coefficient (Wildman–Crippen LogP) is 3.40. The Labute approximate surface area is 153 Å². The van der Waals surface area contributed by atoms with Crippen LogP contribution in [0.4, 0.5) is 5.82 Å². The molecule has 0 unspecified atom stereocenters. The highest BCUT2D eigenvalue weighted by molar-refractivity contribution is 7.16. The van der Waals surface area contributed by atoms with E-state index in [0.717, 1.165) is 40.1 Å². The van der Waals surface area contributed by atoms with E-state index in [-0.39, 0.29) is 5.91 Å². The molecule has 1 fully saturated rings. The highest BCUT2D eigenvalue weighted by Gasteiger charge is 2.26. The molecule has 5 rings (SSSR count). The SMILES string of the molecule is O=C(c1cc2ccccc2o1)N1CCN(c2ncnc3sccc23)CC1. The van der Waals surface area contributed by atoms with Crippen LogP contribution in [0, 0.1) is 0 Å². The minimum absolute atomic E-state index is 0.0517. The van der Waals surface area contributed by atoms with Crippen molar-refractivity contribution in [3.8, 4) is 0 Å². The van der Waals surface area contributed by atoms with Gasteiger partial charge in [0.15, 0.2) is 5.76 Å². The lowest BCUT2D eigenvalue weighted by atomic mass is 10.2. The second-order valence-corrected chi connectivity index (χ2v) is 7.16. The zero-order chi connectivity index (χ0) is 17.5. The minimum atomic E-state index is -0.0517. The Morgan fingerprint density at radius 1 is 1.08 bits per heavy atom. The molecule has 1 saturated heterocycles. The maximum Gasteiger partial charge on any atom is 0.289 e. The van der Waals surface area contributed by atoms with Crippen LogP contribution in [0.5, 0.6) is 0 Å². The molecule has 1 aliphatic heterocycles. The quantitative estimate of drug-likeness (QED) is 0.545. The molecule has 0 bridgehead atoms. The number of para-hydroxylation sites is 1. The van der Waals surface area contributed by atoms with Gasteiger partial charge in [-0.1, -0.05) is 18.2 Å². The standard InChI is InChI=1S/C19H16N4O2S/c24-19(16-11-13-3-1-2-4-15(13)25-16)23-8-6-22(7-9-23)17-14-5-10-26-18(14)21-12-20-17/h1-5,10-12H,6-9H2. The van der Waals surface area contributed by atoms with Gasteiger partial charge in [0.05, 0.1) is 5.39 Å². The van der Waals surface area contributed by atoms with Crippen molar-refractivity contribution in [1.82, 2.24) is 14.9 Å². The maximum atomic E-state index is 12.8. The number of anilines is 1. The summed E-state index contributed by atoms with van der Waals surface area (Å²) in [4.78, 5) is 26.6. The summed E-state index contributed by atoms with van der Waals surface area (Å²) in [5, 5.41) is 4.06. The van der Waals surface area contributed by atoms with E-state index in [9.17, 15) is 4.79 Å². The molecule has 0 aliphatic carbocycles. The van der Waals surface area contributed by atoms with Gasteiger partial charge in [-0.2, -0.15) is 0 Å². The van der Waals surface area contributed by atoms with E-state index in [2.05, 4.69) is 20.9 Å². The number of hydrogen-bond acceptors (Lipinski definition) is 6. The molecule has 0 spiro atoms. The molecule has 4 aromatic rings. The molecule has 0 saturated carbocycles. The van der Waals surface area contributed by atoms with Gasteiger partial charge in [0, 0.05) is 31.6 Å². The van der Waals surface area contributed by atoms with E-state index in [0.29, 0.717) is 18.8 Å². The minimum Gasteiger partial charge on any atom is -0.451 e. The molecule has 0 N–H and O–H groups in total. The van der Waals surface area contributed by atoms with E-state index >= 15 is 0 Å². The number of carbonyl (C=O) groups excluding carboxylic acids is 1. The molecule has 0 radical (unpaired) electrons. The first-order valence-corrected chi connectivity index (χ1v) is 9.38. The highest BCUT2D eigenvalue weighted by Crippen LogP contribution is 2.28. The Kier molecular flexibility index (Phi) is 3.60. The van der Waals surface area contributed by atoms with Gasteiger partial charge in [0.25, 0.3) is 5.91 Å². The fourth-order valence-electron chi connectivity index (χ4n) is 3.39. The third kappa shape index (κ3) is 2.52. The van der Waals surface area contributed by atoms with E-state index < -0.39 is 0 Å². The average molecular weight is 364 g/mol. The molecule has 0 atom stereocenters. The number of rotatable bonds is 2. The Bertz CT molecular complexity index is 1060. The maximum absolute atomic E-state index is 12.8. The highest BCUT2D eigenvalue weighted by atomic mass is 32.1. The van der Waals surface area contributed by atoms with Gasteiger partial charge in [-0.3, -0.25) is 4.79 Å². The molecule has 4 heterocycles. The Hall–Kier alpha value is -2.93. The van der Waals surface area contributed by atoms with Gasteiger partial charge in [0.2, 0.25) is 0 Å². The van der Waals surface area contributed by atoms with E-state index in [1.54, 1.807) is 17.7 Å². The summed E-state index contributed by atoms with van der Waals surface area (Å²) in [5.41, 5.74) is 0.746. The van der Waals surface area contributed by atoms with Crippen molar-refractivity contribution in [2.24, 2.45) is 0 Å². The first-order chi connectivity index (χ1) is 12.8. The number of carbonyl (C=O) groups is 1. The summed E-state index contributed by atoms with van der Waals surface area (Å²) in [5.74, 6) is 1.30. The lowest BCUT2D eigenvalue weighted by Gasteiger charge is -2.35. The Balaban J connectivity index is 1.33. The van der Waals surface area contributed by atoms with Crippen LogP contribution in [0.25, 0.3) is 21.2 Å². The third-order valence-electron chi connectivity index (χ3n) is 4.74. The molecule has 1 amide bonds. The molecule has 26 heavy (non-hydrogen) atoms. The number of amides is 1. The number of nitrogens with zero attached hydrogens (tertiary/aromatic N) is 4. The number of furan rings is 1. The topological polar surface area (TPSA) is 62.5 Å². The number of benzene rings is 1. The average Bonchev–Trinajstić information content (AvgIpc) is 3.34. The van der Waals surface area contributed by atoms with E-state index in [1.165, 1.54) is 0 Å². The van der Waals surface area contributed by atoms with Crippen LogP contribution >= 0.6 is 11.3 Å². The van der Waals surface area contributed by atoms with Gasteiger partial charge in [-0.15, -0.1) is 11.3 Å². The zero-order valence-electron chi connectivity index (χ0n) is 14.0. The second-order valence-electron chi connectivity index (χ2n) is 6.26. The number of piperazine rings is 1. The zero-order valence-corrected chi connectivity index (χ0v) is 14.8. The number of aromatic nitrogens is 2. The van der Waals surface area contributed by atoms with Crippen LogP contribution in [0.1, 0.15) is 10.6 Å². The Morgan fingerprint density at radius 3 is 2.77 bits per heavy atom. The van der Waals surface area contributed by atoms with Crippen LogP contribution in [-0.4, -0.2) is 47.0 Å². The summed E-state index contributed by atoms with van der Waals surface area (Å²) in [6.07, 6.45) is 1.61. The van der Waals surface area contributed by atoms with Crippen LogP contribution in [0.3, 0.4) is 0 Å². The van der Waals surface area contributed by atoms with Gasteiger partial charge in [-0.05, 0) is 23.6 Å². The molecular weight excluding hydrogens is 348 g/mol. The Morgan fingerprint density at radius 2 is 1.92 bits per heavy atom. The number of fused-ring (bicyclic) bond motifs is 2. The van der Waals surface area contributed by atoms with Gasteiger partial charge < -0.3 is 14.2 Å². The molecule has 1 aliphatic rings. The lowest BCUT2D eigenvalue weighted by Crippen LogP contribution is -2.49. The lowest BCUT2D eigenvalue weighted by molar-refractivity contribution is 0.0717. The van der Waals surface area contributed by atoms with Crippen molar-refractivity contribution >= 4 is 44.2 Å². The van der Waals surface area contributed by atoms with Crippen molar-refractivity contribution in [3.05, 3.63) is 53.9 Å². The molecule has 6 nitrogen and oxygen atoms in total. The van der Waals surface area contributed by atoms with Crippen molar-refractivity contribution in [2.75, 3.05) is 31.1 Å². The van der Waals surface area contributed by atoms with Crippen LogP contribution in [-0.2, 0) is 0 Å². The third-order valence-corrected chi connectivity index (χ3v) is 5.56. The fourth-order valence-corrected chi connectivity index (χ4v) is 4.12. The smallest absolute Gasteiger partial charge is 0.289 e. The summed E-state index contributed by atoms with van der Waals surface area (Å²) < 4.78 is 5.72. The largest absolute Gasteiger partial charge is 0.451 e. The molecule has 1 aromatic carbocycles. The molecule has 130 valence electrons. The van der Waals surface area contributed by atoms with Crippen molar-refractivity contribution in [3.63, 3.8) is 0 Å². The first-order valence-electron chi connectivity index (χ1n) is 8.50. The van der Waals surface area contributed by atoms with Crippen LogP contribution in [0.15, 0.2) is 52.5 Å². The number of thiophene rings is 1. The predicted molar refractivity (Wildman–Crippen MR) is 102 cm³/mol. The summed E-state index contributed by atoms with van der Waals surface area (Å²) in [6, 6.07) is 11.6. The van der Waals surface area contributed by atoms with Gasteiger partial charge >= 0.3 is 0 Å². The van der Waals surface area contributed by atoms with Crippen molar-refractivity contribution in [2.45, 2.75) is 0 Å². The van der Waals surface area contributed by atoms with Gasteiger partial charge in [0.1, 0.15) is 22.6 Å². The van der Waals surface area contributed by atoms with Crippen LogP contribution < -0.4 is 4.90 Å². The van der Waals surface area contributed by atoms with Crippen molar-refractivity contribution < 1.29 is 9.21 Å². The second kappa shape index (κ2) is 6.10. The van der Waals surface area contributed by atoms with Crippen LogP contribution in [0.2, 0.25) is 0 Å². The summed E-state index contributed by atoms with van der Waals surface area (Å²) in [7, 11) is 0. The summed E-state index contributed by atoms with van der Waals surface area (Å²) in [6.45, 7) is 2.78. The van der Waals surface area contributed by atoms with E-state index in [4.69, 9.17) is 4.42 Å². The monoisotopic (exact) mass is 364 g/mol. The van der Waals surface area contributed by atoms with Gasteiger partial charge in [-0.25, -0.2) is 9.97 Å².